The van der Waals surface area contributed by atoms with E-state index in [-0.39, 0.29) is 22.4 Å². The first-order chi connectivity index (χ1) is 16.5. The number of amides is 1. The Morgan fingerprint density at radius 1 is 1.09 bits per heavy atom. The first-order valence-electron chi connectivity index (χ1n) is 11.8. The van der Waals surface area contributed by atoms with Crippen molar-refractivity contribution in [3.05, 3.63) is 99.5 Å². The van der Waals surface area contributed by atoms with Crippen LogP contribution in [0.5, 0.6) is 5.75 Å². The van der Waals surface area contributed by atoms with E-state index < -0.39 is 0 Å². The molecule has 34 heavy (non-hydrogen) atoms. The number of carbonyl (C=O) groups is 1. The number of hydrogen-bond donors (Lipinski definition) is 1. The first kappa shape index (κ1) is 23.8. The molecule has 0 saturated carbocycles. The van der Waals surface area contributed by atoms with Gasteiger partial charge in [-0.2, -0.15) is 0 Å². The summed E-state index contributed by atoms with van der Waals surface area (Å²) in [7, 11) is 0. The molecule has 4 rings (SSSR count). The zero-order valence-corrected chi connectivity index (χ0v) is 19.9. The molecule has 1 aliphatic rings. The standard InChI is InChI=1S/C28H32N2O4/c1-3-34-24-11-9-23(10-12-24)28(13-16-33-17-14-28)20-29-26(31)25-8-5-15-30(27(25)32)19-22-7-4-6-21(2)18-22/h4-12,15,18H,3,13-14,16-17,19-20H2,1-2H3,(H,29,31). The number of nitrogens with zero attached hydrogens (tertiary/aromatic N) is 1. The summed E-state index contributed by atoms with van der Waals surface area (Å²) in [6.45, 7) is 6.74. The van der Waals surface area contributed by atoms with Crippen LogP contribution in [0.25, 0.3) is 0 Å². The fourth-order valence-corrected chi connectivity index (χ4v) is 4.59. The van der Waals surface area contributed by atoms with Crippen molar-refractivity contribution in [2.75, 3.05) is 26.4 Å². The lowest BCUT2D eigenvalue weighted by molar-refractivity contribution is 0.0487. The second-order valence-electron chi connectivity index (χ2n) is 8.88. The third kappa shape index (κ3) is 5.39. The highest BCUT2D eigenvalue weighted by Gasteiger charge is 2.35. The summed E-state index contributed by atoms with van der Waals surface area (Å²) < 4.78 is 12.8. The Balaban J connectivity index is 1.51. The van der Waals surface area contributed by atoms with Gasteiger partial charge in [0, 0.05) is 31.4 Å². The van der Waals surface area contributed by atoms with Crippen LogP contribution in [0.4, 0.5) is 0 Å². The molecular formula is C28H32N2O4. The van der Waals surface area contributed by atoms with E-state index in [1.807, 2.05) is 50.2 Å². The highest BCUT2D eigenvalue weighted by molar-refractivity contribution is 5.93. The maximum absolute atomic E-state index is 13.1. The number of ether oxygens (including phenoxy) is 2. The van der Waals surface area contributed by atoms with Crippen molar-refractivity contribution in [2.45, 2.75) is 38.6 Å². The van der Waals surface area contributed by atoms with Crippen LogP contribution < -0.4 is 15.6 Å². The molecule has 0 radical (unpaired) electrons. The molecule has 178 valence electrons. The molecule has 0 spiro atoms. The lowest BCUT2D eigenvalue weighted by Gasteiger charge is -2.38. The van der Waals surface area contributed by atoms with E-state index in [2.05, 4.69) is 17.4 Å². The zero-order valence-electron chi connectivity index (χ0n) is 19.9. The average molecular weight is 461 g/mol. The second-order valence-corrected chi connectivity index (χ2v) is 8.88. The minimum absolute atomic E-state index is 0.157. The van der Waals surface area contributed by atoms with Crippen LogP contribution in [-0.2, 0) is 16.7 Å². The number of benzene rings is 2. The number of aromatic nitrogens is 1. The van der Waals surface area contributed by atoms with Gasteiger partial charge in [-0.05, 0) is 62.1 Å². The number of hydrogen-bond acceptors (Lipinski definition) is 4. The molecule has 1 saturated heterocycles. The fourth-order valence-electron chi connectivity index (χ4n) is 4.59. The molecule has 1 fully saturated rings. The Bertz CT molecular complexity index is 1180. The topological polar surface area (TPSA) is 69.6 Å². The van der Waals surface area contributed by atoms with Gasteiger partial charge in [0.15, 0.2) is 0 Å². The van der Waals surface area contributed by atoms with Crippen molar-refractivity contribution in [1.82, 2.24) is 9.88 Å². The quantitative estimate of drug-likeness (QED) is 0.550. The Morgan fingerprint density at radius 3 is 2.56 bits per heavy atom. The SMILES string of the molecule is CCOc1ccc(C2(CNC(=O)c3cccn(Cc4cccc(C)c4)c3=O)CCOCC2)cc1. The molecule has 0 unspecified atom stereocenters. The van der Waals surface area contributed by atoms with Gasteiger partial charge in [-0.15, -0.1) is 0 Å². The molecule has 0 atom stereocenters. The zero-order chi connectivity index (χ0) is 24.0. The monoisotopic (exact) mass is 460 g/mol. The molecule has 1 amide bonds. The molecule has 6 nitrogen and oxygen atoms in total. The summed E-state index contributed by atoms with van der Waals surface area (Å²) >= 11 is 0. The van der Waals surface area contributed by atoms with Gasteiger partial charge in [0.25, 0.3) is 11.5 Å². The summed E-state index contributed by atoms with van der Waals surface area (Å²) in [6, 6.07) is 19.5. The Kier molecular flexibility index (Phi) is 7.48. The molecule has 3 aromatic rings. The maximum Gasteiger partial charge on any atom is 0.263 e. The molecule has 2 aromatic carbocycles. The third-order valence-electron chi connectivity index (χ3n) is 6.52. The summed E-state index contributed by atoms with van der Waals surface area (Å²) in [5, 5.41) is 3.05. The van der Waals surface area contributed by atoms with E-state index in [1.165, 1.54) is 0 Å². The predicted molar refractivity (Wildman–Crippen MR) is 133 cm³/mol. The number of nitrogens with one attached hydrogen (secondary N) is 1. The molecule has 0 aliphatic carbocycles. The first-order valence-corrected chi connectivity index (χ1v) is 11.8. The Hall–Kier alpha value is -3.38. The highest BCUT2D eigenvalue weighted by Crippen LogP contribution is 2.35. The van der Waals surface area contributed by atoms with Crippen LogP contribution in [0.15, 0.2) is 71.7 Å². The van der Waals surface area contributed by atoms with Gasteiger partial charge in [-0.25, -0.2) is 0 Å². The number of carbonyl (C=O) groups excluding carboxylic acids is 1. The summed E-state index contributed by atoms with van der Waals surface area (Å²) in [5.41, 5.74) is 2.93. The maximum atomic E-state index is 13.1. The van der Waals surface area contributed by atoms with Crippen molar-refractivity contribution in [3.63, 3.8) is 0 Å². The normalized spacial score (nSPS) is 15.0. The number of rotatable bonds is 8. The number of pyridine rings is 1. The van der Waals surface area contributed by atoms with Gasteiger partial charge in [-0.1, -0.05) is 42.0 Å². The van der Waals surface area contributed by atoms with E-state index in [1.54, 1.807) is 22.9 Å². The van der Waals surface area contributed by atoms with Gasteiger partial charge >= 0.3 is 0 Å². The van der Waals surface area contributed by atoms with E-state index in [0.29, 0.717) is 32.9 Å². The van der Waals surface area contributed by atoms with Gasteiger partial charge in [-0.3, -0.25) is 9.59 Å². The van der Waals surface area contributed by atoms with Crippen molar-refractivity contribution in [3.8, 4) is 5.75 Å². The molecule has 0 bridgehead atoms. The van der Waals surface area contributed by atoms with Crippen LogP contribution in [0.3, 0.4) is 0 Å². The predicted octanol–water partition coefficient (Wildman–Crippen LogP) is 4.08. The number of aryl methyl sites for hydroxylation is 1. The molecular weight excluding hydrogens is 428 g/mol. The van der Waals surface area contributed by atoms with Crippen LogP contribution in [0.2, 0.25) is 0 Å². The molecule has 2 heterocycles. The molecule has 1 aliphatic heterocycles. The molecule has 1 N–H and O–H groups in total. The summed E-state index contributed by atoms with van der Waals surface area (Å²) in [6.07, 6.45) is 3.32. The summed E-state index contributed by atoms with van der Waals surface area (Å²) in [5.74, 6) is 0.483. The average Bonchev–Trinajstić information content (AvgIpc) is 2.85. The van der Waals surface area contributed by atoms with Gasteiger partial charge in [0.2, 0.25) is 0 Å². The van der Waals surface area contributed by atoms with Gasteiger partial charge in [0.05, 0.1) is 13.2 Å². The Labute approximate surface area is 200 Å². The van der Waals surface area contributed by atoms with Crippen LogP contribution >= 0.6 is 0 Å². The minimum Gasteiger partial charge on any atom is -0.494 e. The van der Waals surface area contributed by atoms with Crippen LogP contribution in [-0.4, -0.2) is 36.8 Å². The summed E-state index contributed by atoms with van der Waals surface area (Å²) in [4.78, 5) is 26.2. The van der Waals surface area contributed by atoms with Crippen molar-refractivity contribution >= 4 is 5.91 Å². The molecule has 1 aromatic heterocycles. The van der Waals surface area contributed by atoms with E-state index in [9.17, 15) is 9.59 Å². The third-order valence-corrected chi connectivity index (χ3v) is 6.52. The smallest absolute Gasteiger partial charge is 0.263 e. The second kappa shape index (κ2) is 10.7. The lowest BCUT2D eigenvalue weighted by Crippen LogP contribution is -2.45. The van der Waals surface area contributed by atoms with Gasteiger partial charge < -0.3 is 19.4 Å². The molecule has 6 heteroatoms. The van der Waals surface area contributed by atoms with Crippen molar-refractivity contribution in [1.29, 1.82) is 0 Å². The van der Waals surface area contributed by atoms with Gasteiger partial charge in [0.1, 0.15) is 11.3 Å². The highest BCUT2D eigenvalue weighted by atomic mass is 16.5. The largest absolute Gasteiger partial charge is 0.494 e. The van der Waals surface area contributed by atoms with E-state index in [0.717, 1.165) is 35.3 Å². The Morgan fingerprint density at radius 2 is 1.85 bits per heavy atom. The van der Waals surface area contributed by atoms with E-state index in [4.69, 9.17) is 9.47 Å². The van der Waals surface area contributed by atoms with Crippen molar-refractivity contribution in [2.24, 2.45) is 0 Å². The lowest BCUT2D eigenvalue weighted by atomic mass is 9.74. The fraction of sp³-hybridized carbons (Fsp3) is 0.357. The van der Waals surface area contributed by atoms with Crippen LogP contribution in [0, 0.1) is 6.92 Å². The van der Waals surface area contributed by atoms with E-state index >= 15 is 0 Å². The van der Waals surface area contributed by atoms with Crippen molar-refractivity contribution < 1.29 is 14.3 Å². The minimum atomic E-state index is -0.347. The van der Waals surface area contributed by atoms with Crippen LogP contribution in [0.1, 0.15) is 46.8 Å².